The van der Waals surface area contributed by atoms with Gasteiger partial charge in [-0.3, -0.25) is 9.78 Å². The zero-order chi connectivity index (χ0) is 19.0. The molecule has 0 atom stereocenters. The number of likely N-dealkylation sites (N-methyl/N-ethyl adjacent to an activating group) is 1. The molecule has 1 saturated heterocycles. The van der Waals surface area contributed by atoms with E-state index in [2.05, 4.69) is 37.2 Å². The topological polar surface area (TPSA) is 105 Å². The molecular formula is C17H19ClN8O. The number of nitrogen functional groups attached to an aromatic ring is 1. The third-order valence-electron chi connectivity index (χ3n) is 4.59. The summed E-state index contributed by atoms with van der Waals surface area (Å²) >= 11 is 5.92. The van der Waals surface area contributed by atoms with Crippen LogP contribution in [0.4, 0.5) is 17.2 Å². The highest BCUT2D eigenvalue weighted by Gasteiger charge is 2.22. The lowest BCUT2D eigenvalue weighted by Crippen LogP contribution is -2.44. The molecule has 0 radical (unpaired) electrons. The van der Waals surface area contributed by atoms with Crippen LogP contribution in [0.2, 0.25) is 5.02 Å². The lowest BCUT2D eigenvalue weighted by atomic mass is 10.2. The van der Waals surface area contributed by atoms with Gasteiger partial charge >= 0.3 is 0 Å². The molecule has 4 heterocycles. The fraction of sp³-hybridized carbons (Fsp3) is 0.294. The largest absolute Gasteiger partial charge is 0.381 e. The molecule has 4 rings (SSSR count). The van der Waals surface area contributed by atoms with Gasteiger partial charge in [-0.15, -0.1) is 5.10 Å². The summed E-state index contributed by atoms with van der Waals surface area (Å²) in [6.07, 6.45) is 6.36. The first-order chi connectivity index (χ1) is 13.0. The quantitative estimate of drug-likeness (QED) is 0.700. The van der Waals surface area contributed by atoms with Crippen molar-refractivity contribution in [2.75, 3.05) is 49.2 Å². The van der Waals surface area contributed by atoms with Crippen LogP contribution in [0.25, 0.3) is 5.65 Å². The number of fused-ring (bicyclic) bond motifs is 1. The zero-order valence-corrected chi connectivity index (χ0v) is 15.5. The smallest absolute Gasteiger partial charge is 0.263 e. The van der Waals surface area contributed by atoms with Crippen molar-refractivity contribution in [1.29, 1.82) is 0 Å². The van der Waals surface area contributed by atoms with Gasteiger partial charge in [0.1, 0.15) is 5.56 Å². The minimum Gasteiger partial charge on any atom is -0.381 e. The third kappa shape index (κ3) is 3.38. The van der Waals surface area contributed by atoms with Gasteiger partial charge in [-0.25, -0.2) is 9.50 Å². The minimum absolute atomic E-state index is 0.0901. The van der Waals surface area contributed by atoms with Crippen molar-refractivity contribution in [1.82, 2.24) is 24.5 Å². The van der Waals surface area contributed by atoms with Gasteiger partial charge in [0.05, 0.1) is 28.8 Å². The standard InChI is InChI=1S/C17H19ClN8O/c1-24-4-6-25(7-5-24)13-2-3-20-9-12(13)22-17(27)14-15(19)23-26-10-11(18)8-21-16(14)26/h2-3,8-10H,4-7H2,1H3,(H2,19,23)(H,22,27). The maximum absolute atomic E-state index is 12.9. The number of carbonyl (C=O) groups excluding carboxylic acids is 1. The lowest BCUT2D eigenvalue weighted by Gasteiger charge is -2.34. The molecule has 3 aromatic heterocycles. The van der Waals surface area contributed by atoms with Gasteiger partial charge in [0.25, 0.3) is 5.91 Å². The van der Waals surface area contributed by atoms with Gasteiger partial charge < -0.3 is 20.9 Å². The lowest BCUT2D eigenvalue weighted by molar-refractivity contribution is 0.102. The first-order valence-electron chi connectivity index (χ1n) is 8.51. The number of halogens is 1. The molecule has 0 spiro atoms. The van der Waals surface area contributed by atoms with E-state index in [0.29, 0.717) is 16.4 Å². The van der Waals surface area contributed by atoms with Crippen molar-refractivity contribution in [2.24, 2.45) is 0 Å². The number of nitrogens with zero attached hydrogens (tertiary/aromatic N) is 6. The van der Waals surface area contributed by atoms with E-state index in [0.717, 1.165) is 31.9 Å². The Labute approximate surface area is 160 Å². The monoisotopic (exact) mass is 386 g/mol. The van der Waals surface area contributed by atoms with Crippen molar-refractivity contribution < 1.29 is 4.79 Å². The number of carbonyl (C=O) groups is 1. The van der Waals surface area contributed by atoms with Crippen molar-refractivity contribution >= 4 is 40.3 Å². The summed E-state index contributed by atoms with van der Waals surface area (Å²) in [7, 11) is 2.10. The van der Waals surface area contributed by atoms with Crippen LogP contribution >= 0.6 is 11.6 Å². The Hall–Kier alpha value is -2.91. The van der Waals surface area contributed by atoms with Gasteiger partial charge in [0.2, 0.25) is 0 Å². The van der Waals surface area contributed by atoms with Gasteiger partial charge in [0, 0.05) is 38.6 Å². The van der Waals surface area contributed by atoms with E-state index in [1.165, 1.54) is 10.7 Å². The number of pyridine rings is 1. The predicted molar refractivity (Wildman–Crippen MR) is 104 cm³/mol. The molecule has 9 nitrogen and oxygen atoms in total. The first-order valence-corrected chi connectivity index (χ1v) is 8.89. The van der Waals surface area contributed by atoms with Crippen LogP contribution in [0.5, 0.6) is 0 Å². The molecule has 0 aliphatic carbocycles. The third-order valence-corrected chi connectivity index (χ3v) is 4.78. The Morgan fingerprint density at radius 2 is 2.04 bits per heavy atom. The molecular weight excluding hydrogens is 368 g/mol. The van der Waals surface area contributed by atoms with E-state index in [1.807, 2.05) is 6.07 Å². The second-order valence-corrected chi connectivity index (χ2v) is 6.87. The summed E-state index contributed by atoms with van der Waals surface area (Å²) in [6.45, 7) is 3.67. The highest BCUT2D eigenvalue weighted by molar-refractivity contribution is 6.30. The summed E-state index contributed by atoms with van der Waals surface area (Å²) in [5, 5.41) is 7.42. The number of anilines is 3. The average Bonchev–Trinajstić information content (AvgIpc) is 2.98. The van der Waals surface area contributed by atoms with Crippen LogP contribution in [0.1, 0.15) is 10.4 Å². The van der Waals surface area contributed by atoms with Crippen LogP contribution in [0.15, 0.2) is 30.9 Å². The second-order valence-electron chi connectivity index (χ2n) is 6.44. The van der Waals surface area contributed by atoms with E-state index in [-0.39, 0.29) is 17.3 Å². The van der Waals surface area contributed by atoms with Gasteiger partial charge in [0.15, 0.2) is 11.5 Å². The number of amides is 1. The van der Waals surface area contributed by atoms with Crippen molar-refractivity contribution in [2.45, 2.75) is 0 Å². The van der Waals surface area contributed by atoms with Crippen LogP contribution in [-0.4, -0.2) is 63.6 Å². The number of nitrogens with two attached hydrogens (primary N) is 1. The molecule has 10 heteroatoms. The van der Waals surface area contributed by atoms with Gasteiger partial charge in [-0.05, 0) is 13.1 Å². The van der Waals surface area contributed by atoms with Crippen molar-refractivity contribution in [3.63, 3.8) is 0 Å². The molecule has 0 saturated carbocycles. The first kappa shape index (κ1) is 17.5. The van der Waals surface area contributed by atoms with E-state index < -0.39 is 0 Å². The van der Waals surface area contributed by atoms with E-state index >= 15 is 0 Å². The van der Waals surface area contributed by atoms with Gasteiger partial charge in [-0.2, -0.15) is 0 Å². The maximum Gasteiger partial charge on any atom is 0.263 e. The number of hydrogen-bond donors (Lipinski definition) is 2. The molecule has 140 valence electrons. The number of hydrogen-bond acceptors (Lipinski definition) is 7. The van der Waals surface area contributed by atoms with Crippen LogP contribution in [-0.2, 0) is 0 Å². The normalized spacial score (nSPS) is 15.3. The SMILES string of the molecule is CN1CCN(c2ccncc2NC(=O)c2c(N)nn3cc(Cl)cnc23)CC1. The Morgan fingerprint density at radius 3 is 2.81 bits per heavy atom. The van der Waals surface area contributed by atoms with Crippen molar-refractivity contribution in [3.8, 4) is 0 Å². The Kier molecular flexibility index (Phi) is 4.54. The number of rotatable bonds is 3. The summed E-state index contributed by atoms with van der Waals surface area (Å²) in [6, 6.07) is 1.90. The fourth-order valence-electron chi connectivity index (χ4n) is 3.14. The Bertz CT molecular complexity index is 996. The average molecular weight is 387 g/mol. The van der Waals surface area contributed by atoms with Crippen LogP contribution in [0.3, 0.4) is 0 Å². The molecule has 1 amide bonds. The van der Waals surface area contributed by atoms with Gasteiger partial charge in [-0.1, -0.05) is 11.6 Å². The molecule has 3 N–H and O–H groups in total. The number of aromatic nitrogens is 4. The number of nitrogens with one attached hydrogen (secondary N) is 1. The molecule has 1 aliphatic rings. The zero-order valence-electron chi connectivity index (χ0n) is 14.8. The molecule has 0 unspecified atom stereocenters. The minimum atomic E-state index is -0.388. The molecule has 3 aromatic rings. The van der Waals surface area contributed by atoms with Crippen molar-refractivity contribution in [3.05, 3.63) is 41.4 Å². The Morgan fingerprint density at radius 1 is 1.26 bits per heavy atom. The molecule has 1 fully saturated rings. The van der Waals surface area contributed by atoms with E-state index in [1.54, 1.807) is 18.6 Å². The van der Waals surface area contributed by atoms with E-state index in [9.17, 15) is 4.79 Å². The highest BCUT2D eigenvalue weighted by Crippen LogP contribution is 2.27. The highest BCUT2D eigenvalue weighted by atomic mass is 35.5. The van der Waals surface area contributed by atoms with E-state index in [4.69, 9.17) is 17.3 Å². The molecule has 0 bridgehead atoms. The van der Waals surface area contributed by atoms with Crippen LogP contribution in [0, 0.1) is 0 Å². The Balaban J connectivity index is 1.64. The van der Waals surface area contributed by atoms with Crippen LogP contribution < -0.4 is 16.0 Å². The number of piperazine rings is 1. The second kappa shape index (κ2) is 7.01. The predicted octanol–water partition coefficient (Wildman–Crippen LogP) is 1.36. The summed E-state index contributed by atoms with van der Waals surface area (Å²) in [5.74, 6) is -0.298. The molecule has 1 aliphatic heterocycles. The maximum atomic E-state index is 12.9. The fourth-order valence-corrected chi connectivity index (χ4v) is 3.28. The summed E-state index contributed by atoms with van der Waals surface area (Å²) in [5.41, 5.74) is 8.05. The summed E-state index contributed by atoms with van der Waals surface area (Å²) < 4.78 is 1.40. The molecule has 27 heavy (non-hydrogen) atoms. The molecule has 0 aromatic carbocycles. The summed E-state index contributed by atoms with van der Waals surface area (Å²) in [4.78, 5) is 25.7.